The Labute approximate surface area is 175 Å². The number of nitrogens with zero attached hydrogens (tertiary/aromatic N) is 3. The summed E-state index contributed by atoms with van der Waals surface area (Å²) in [6.07, 6.45) is 2.60. The normalized spacial score (nSPS) is 11.2. The lowest BCUT2D eigenvalue weighted by molar-refractivity contribution is -0.137. The third-order valence-electron chi connectivity index (χ3n) is 3.74. The molecule has 0 N–H and O–H groups in total. The lowest BCUT2D eigenvalue weighted by Crippen LogP contribution is -2.19. The average molecular weight is 430 g/mol. The van der Waals surface area contributed by atoms with Crippen molar-refractivity contribution in [2.45, 2.75) is 6.92 Å². The first-order chi connectivity index (χ1) is 13.9. The van der Waals surface area contributed by atoms with Crippen molar-refractivity contribution in [2.24, 2.45) is 0 Å². The van der Waals surface area contributed by atoms with Crippen molar-refractivity contribution < 1.29 is 14.3 Å². The summed E-state index contributed by atoms with van der Waals surface area (Å²) in [5, 5.41) is 9.93. The summed E-state index contributed by atoms with van der Waals surface area (Å²) in [7, 11) is 0. The molecule has 1 aromatic carbocycles. The summed E-state index contributed by atoms with van der Waals surface area (Å²) >= 11 is 12.1. The van der Waals surface area contributed by atoms with E-state index in [1.165, 1.54) is 22.7 Å². The van der Waals surface area contributed by atoms with Crippen molar-refractivity contribution >= 4 is 40.9 Å². The fourth-order valence-corrected chi connectivity index (χ4v) is 2.88. The number of ether oxygens (including phenoxy) is 2. The predicted molar refractivity (Wildman–Crippen MR) is 108 cm³/mol. The molecule has 0 atom stereocenters. The molecule has 3 rings (SSSR count). The maximum Gasteiger partial charge on any atom is 0.348 e. The minimum atomic E-state index is -0.858. The molecule has 0 saturated carbocycles. The van der Waals surface area contributed by atoms with Crippen LogP contribution in [0.1, 0.15) is 12.5 Å². The van der Waals surface area contributed by atoms with Crippen LogP contribution in [0, 0.1) is 11.3 Å². The molecule has 0 aliphatic carbocycles. The van der Waals surface area contributed by atoms with Crippen molar-refractivity contribution in [3.05, 3.63) is 74.1 Å². The van der Waals surface area contributed by atoms with Gasteiger partial charge in [-0.25, -0.2) is 4.79 Å². The van der Waals surface area contributed by atoms with E-state index in [2.05, 4.69) is 4.98 Å². The van der Waals surface area contributed by atoms with Crippen LogP contribution in [0.25, 0.3) is 11.7 Å². The van der Waals surface area contributed by atoms with Gasteiger partial charge in [0, 0.05) is 11.2 Å². The molecule has 3 aromatic rings. The monoisotopic (exact) mass is 429 g/mol. The molecule has 2 aromatic heterocycles. The molecule has 0 spiro atoms. The Kier molecular flexibility index (Phi) is 6.17. The van der Waals surface area contributed by atoms with E-state index in [0.717, 1.165) is 6.08 Å². The zero-order chi connectivity index (χ0) is 21.0. The number of pyridine rings is 1. The molecule has 2 heterocycles. The van der Waals surface area contributed by atoms with E-state index in [0.29, 0.717) is 10.7 Å². The van der Waals surface area contributed by atoms with Gasteiger partial charge in [0.2, 0.25) is 5.88 Å². The number of carbonyl (C=O) groups excluding carboxylic acids is 1. The highest BCUT2D eigenvalue weighted by Gasteiger charge is 2.18. The lowest BCUT2D eigenvalue weighted by atomic mass is 10.2. The Balaban J connectivity index is 2.22. The van der Waals surface area contributed by atoms with E-state index < -0.39 is 11.5 Å². The van der Waals surface area contributed by atoms with Gasteiger partial charge in [-0.2, -0.15) is 10.2 Å². The molecule has 0 radical (unpaired) electrons. The van der Waals surface area contributed by atoms with Crippen molar-refractivity contribution in [3.8, 4) is 17.7 Å². The molecule has 0 saturated heterocycles. The quantitative estimate of drug-likeness (QED) is 0.341. The van der Waals surface area contributed by atoms with Gasteiger partial charge in [0.05, 0.1) is 11.6 Å². The molecule has 146 valence electrons. The van der Waals surface area contributed by atoms with Crippen LogP contribution in [0.3, 0.4) is 0 Å². The Bertz CT molecular complexity index is 1230. The lowest BCUT2D eigenvalue weighted by Gasteiger charge is -2.11. The van der Waals surface area contributed by atoms with Crippen LogP contribution in [0.15, 0.2) is 53.0 Å². The molecule has 0 fully saturated rings. The average Bonchev–Trinajstić information content (AvgIpc) is 2.70. The van der Waals surface area contributed by atoms with E-state index >= 15 is 0 Å². The first kappa shape index (κ1) is 20.4. The Morgan fingerprint density at radius 2 is 2.10 bits per heavy atom. The van der Waals surface area contributed by atoms with E-state index in [1.54, 1.807) is 37.3 Å². The second-order valence-corrected chi connectivity index (χ2v) is 6.48. The second kappa shape index (κ2) is 8.78. The van der Waals surface area contributed by atoms with Crippen molar-refractivity contribution in [1.29, 1.82) is 5.26 Å². The van der Waals surface area contributed by atoms with E-state index in [1.807, 2.05) is 0 Å². The first-order valence-electron chi connectivity index (χ1n) is 8.37. The zero-order valence-corrected chi connectivity index (χ0v) is 16.6. The maximum absolute atomic E-state index is 13.0. The molecule has 7 nitrogen and oxygen atoms in total. The first-order valence-corrected chi connectivity index (χ1v) is 9.13. The molecular weight excluding hydrogens is 417 g/mol. The molecule has 29 heavy (non-hydrogen) atoms. The minimum Gasteiger partial charge on any atom is -0.462 e. The molecular formula is C20H13Cl2N3O4. The van der Waals surface area contributed by atoms with Crippen molar-refractivity contribution in [2.75, 3.05) is 6.61 Å². The Hall–Kier alpha value is -3.34. The van der Waals surface area contributed by atoms with Gasteiger partial charge in [-0.05, 0) is 43.3 Å². The second-order valence-electron chi connectivity index (χ2n) is 5.63. The summed E-state index contributed by atoms with van der Waals surface area (Å²) in [5.74, 6) is -0.780. The zero-order valence-electron chi connectivity index (χ0n) is 15.1. The summed E-state index contributed by atoms with van der Waals surface area (Å²) in [5.41, 5.74) is -0.699. The van der Waals surface area contributed by atoms with Gasteiger partial charge in [0.1, 0.15) is 28.6 Å². The fraction of sp³-hybridized carbons (Fsp3) is 0.100. The summed E-state index contributed by atoms with van der Waals surface area (Å²) < 4.78 is 11.9. The number of carbonyl (C=O) groups is 1. The highest BCUT2D eigenvalue weighted by molar-refractivity contribution is 6.35. The number of hydrogen-bond acceptors (Lipinski definition) is 6. The van der Waals surface area contributed by atoms with Gasteiger partial charge < -0.3 is 9.47 Å². The topological polar surface area (TPSA) is 93.7 Å². The van der Waals surface area contributed by atoms with Crippen LogP contribution in [-0.4, -0.2) is 22.0 Å². The number of benzene rings is 1. The number of hydrogen-bond donors (Lipinski definition) is 0. The van der Waals surface area contributed by atoms with Gasteiger partial charge >= 0.3 is 5.97 Å². The minimum absolute atomic E-state index is 0.0799. The van der Waals surface area contributed by atoms with Gasteiger partial charge in [-0.3, -0.25) is 9.20 Å². The fourth-order valence-electron chi connectivity index (χ4n) is 2.44. The number of rotatable bonds is 5. The number of fused-ring (bicyclic) bond motifs is 1. The van der Waals surface area contributed by atoms with Crippen LogP contribution in [-0.2, 0) is 9.53 Å². The number of aromatic nitrogens is 2. The smallest absolute Gasteiger partial charge is 0.348 e. The van der Waals surface area contributed by atoms with E-state index in [4.69, 9.17) is 32.7 Å². The Morgan fingerprint density at radius 1 is 1.31 bits per heavy atom. The molecule has 0 aliphatic rings. The van der Waals surface area contributed by atoms with E-state index in [9.17, 15) is 14.9 Å². The number of nitriles is 1. The Morgan fingerprint density at radius 3 is 2.79 bits per heavy atom. The highest BCUT2D eigenvalue weighted by Crippen LogP contribution is 2.32. The van der Waals surface area contributed by atoms with Crippen molar-refractivity contribution in [1.82, 2.24) is 9.38 Å². The van der Waals surface area contributed by atoms with Crippen LogP contribution in [0.5, 0.6) is 11.6 Å². The highest BCUT2D eigenvalue weighted by atomic mass is 35.5. The summed E-state index contributed by atoms with van der Waals surface area (Å²) in [6, 6.07) is 11.2. The van der Waals surface area contributed by atoms with Crippen molar-refractivity contribution in [3.63, 3.8) is 0 Å². The van der Waals surface area contributed by atoms with Gasteiger partial charge in [0.15, 0.2) is 0 Å². The van der Waals surface area contributed by atoms with Gasteiger partial charge in [-0.1, -0.05) is 29.3 Å². The SMILES string of the molecule is CCOC(=O)/C(C#N)=C/c1c(Oc2ccc(Cl)cc2Cl)nc2ccccn2c1=O. The van der Waals surface area contributed by atoms with Crippen LogP contribution >= 0.6 is 23.2 Å². The standard InChI is InChI=1S/C20H13Cl2N3O4/c1-2-28-20(27)12(11-23)9-14-18(29-16-7-6-13(21)10-15(16)22)24-17-5-3-4-8-25(17)19(14)26/h3-10H,2H2,1H3/b12-9+. The molecule has 0 aliphatic heterocycles. The summed E-state index contributed by atoms with van der Waals surface area (Å²) in [4.78, 5) is 29.3. The van der Waals surface area contributed by atoms with Gasteiger partial charge in [0.25, 0.3) is 5.56 Å². The predicted octanol–water partition coefficient (Wildman–Crippen LogP) is 4.26. The maximum atomic E-state index is 13.0. The largest absolute Gasteiger partial charge is 0.462 e. The van der Waals surface area contributed by atoms with Crippen LogP contribution in [0.4, 0.5) is 0 Å². The third kappa shape index (κ3) is 4.40. The molecule has 0 bridgehead atoms. The number of esters is 1. The van der Waals surface area contributed by atoms with Gasteiger partial charge in [-0.15, -0.1) is 0 Å². The molecule has 0 amide bonds. The van der Waals surface area contributed by atoms with E-state index in [-0.39, 0.29) is 34.4 Å². The third-order valence-corrected chi connectivity index (χ3v) is 4.27. The molecule has 0 unspecified atom stereocenters. The van der Waals surface area contributed by atoms with Crippen LogP contribution in [0.2, 0.25) is 10.0 Å². The van der Waals surface area contributed by atoms with Crippen LogP contribution < -0.4 is 10.3 Å². The molecule has 9 heteroatoms. The number of halogens is 2. The summed E-state index contributed by atoms with van der Waals surface area (Å²) in [6.45, 7) is 1.69.